The Morgan fingerprint density at radius 1 is 0.895 bits per heavy atom. The first-order valence-corrected chi connectivity index (χ1v) is 13.3. The van der Waals surface area contributed by atoms with Crippen LogP contribution in [0.5, 0.6) is 0 Å². The molecule has 0 aliphatic carbocycles. The smallest absolute Gasteiger partial charge is 0.238 e. The number of nitrogens with one attached hydrogen (secondary N) is 1. The third-order valence-corrected chi connectivity index (χ3v) is 7.78. The number of benzene rings is 3. The molecule has 0 radical (unpaired) electrons. The highest BCUT2D eigenvalue weighted by Gasteiger charge is 2.32. The molecular formula is C31H31N5O2. The molecule has 0 unspecified atom stereocenters. The number of anilines is 2. The van der Waals surface area contributed by atoms with Crippen LogP contribution in [-0.2, 0) is 16.0 Å². The SMILES string of the molecule is O=C(Cc1ccc2ccccc2c1)N1CCC(c2ccc(N(C(=O)C3CNC3)c3cccnn3)cc2)CC1. The number of carbonyl (C=O) groups is 2. The second-order valence-corrected chi connectivity index (χ2v) is 10.2. The number of hydrogen-bond acceptors (Lipinski definition) is 5. The minimum Gasteiger partial charge on any atom is -0.342 e. The van der Waals surface area contributed by atoms with Gasteiger partial charge in [-0.05, 0) is 64.9 Å². The summed E-state index contributed by atoms with van der Waals surface area (Å²) < 4.78 is 0. The first-order chi connectivity index (χ1) is 18.7. The van der Waals surface area contributed by atoms with Gasteiger partial charge in [0.25, 0.3) is 0 Å². The van der Waals surface area contributed by atoms with Crippen LogP contribution >= 0.6 is 0 Å². The largest absolute Gasteiger partial charge is 0.342 e. The fourth-order valence-corrected chi connectivity index (χ4v) is 5.42. The van der Waals surface area contributed by atoms with E-state index in [2.05, 4.69) is 58.0 Å². The van der Waals surface area contributed by atoms with Gasteiger partial charge in [-0.15, -0.1) is 5.10 Å². The zero-order valence-electron chi connectivity index (χ0n) is 21.3. The van der Waals surface area contributed by atoms with Crippen LogP contribution in [0.15, 0.2) is 85.1 Å². The molecule has 4 aromatic rings. The van der Waals surface area contributed by atoms with E-state index in [1.807, 2.05) is 35.2 Å². The van der Waals surface area contributed by atoms with Crippen molar-refractivity contribution in [3.05, 3.63) is 96.2 Å². The van der Waals surface area contributed by atoms with E-state index >= 15 is 0 Å². The lowest BCUT2D eigenvalue weighted by atomic mass is 9.89. The normalized spacial score (nSPS) is 16.3. The third kappa shape index (κ3) is 5.02. The highest BCUT2D eigenvalue weighted by molar-refractivity contribution is 6.01. The standard InChI is InChI=1S/C31H31N5O2/c37-30(19-22-7-8-23-4-1-2-5-26(23)18-22)35-16-13-25(14-17-35)24-9-11-28(12-10-24)36(29-6-3-15-33-34-29)31(38)27-20-32-21-27/h1-12,15,18,25,27,32H,13-14,16-17,19-21H2. The minimum atomic E-state index is -0.0480. The maximum atomic E-state index is 13.2. The second-order valence-electron chi connectivity index (χ2n) is 10.2. The number of amides is 2. The molecule has 0 atom stereocenters. The van der Waals surface area contributed by atoms with Gasteiger partial charge in [-0.3, -0.25) is 14.5 Å². The molecule has 0 bridgehead atoms. The second kappa shape index (κ2) is 10.7. The van der Waals surface area contributed by atoms with Crippen LogP contribution in [0.1, 0.15) is 29.9 Å². The molecule has 192 valence electrons. The summed E-state index contributed by atoms with van der Waals surface area (Å²) in [6.07, 6.45) is 3.92. The summed E-state index contributed by atoms with van der Waals surface area (Å²) in [6.45, 7) is 2.90. The molecule has 2 amide bonds. The van der Waals surface area contributed by atoms with Gasteiger partial charge in [0.2, 0.25) is 11.8 Å². The van der Waals surface area contributed by atoms with E-state index in [9.17, 15) is 9.59 Å². The summed E-state index contributed by atoms with van der Waals surface area (Å²) in [5.41, 5.74) is 3.10. The van der Waals surface area contributed by atoms with Gasteiger partial charge < -0.3 is 10.2 Å². The van der Waals surface area contributed by atoms with E-state index in [1.165, 1.54) is 16.3 Å². The molecule has 6 rings (SSSR count). The van der Waals surface area contributed by atoms with E-state index in [0.717, 1.165) is 37.2 Å². The number of piperidine rings is 1. The van der Waals surface area contributed by atoms with Gasteiger partial charge in [-0.25, -0.2) is 0 Å². The number of rotatable bonds is 6. The molecule has 7 nitrogen and oxygen atoms in total. The first-order valence-electron chi connectivity index (χ1n) is 13.3. The summed E-state index contributed by atoms with van der Waals surface area (Å²) >= 11 is 0. The van der Waals surface area contributed by atoms with E-state index in [4.69, 9.17) is 0 Å². The lowest BCUT2D eigenvalue weighted by Crippen LogP contribution is -2.51. The number of aromatic nitrogens is 2. The van der Waals surface area contributed by atoms with Crippen molar-refractivity contribution < 1.29 is 9.59 Å². The molecule has 2 saturated heterocycles. The summed E-state index contributed by atoms with van der Waals surface area (Å²) in [5, 5.41) is 13.7. The number of carbonyl (C=O) groups excluding carboxylic acids is 2. The number of hydrogen-bond donors (Lipinski definition) is 1. The van der Waals surface area contributed by atoms with Crippen LogP contribution in [0.25, 0.3) is 10.8 Å². The van der Waals surface area contributed by atoms with Crippen LogP contribution in [0, 0.1) is 5.92 Å². The van der Waals surface area contributed by atoms with Gasteiger partial charge in [-0.2, -0.15) is 5.10 Å². The average molecular weight is 506 g/mol. The zero-order valence-corrected chi connectivity index (χ0v) is 21.3. The Morgan fingerprint density at radius 2 is 1.66 bits per heavy atom. The lowest BCUT2D eigenvalue weighted by Gasteiger charge is -2.33. The zero-order chi connectivity index (χ0) is 25.9. The van der Waals surface area contributed by atoms with Gasteiger partial charge in [-0.1, -0.05) is 54.6 Å². The van der Waals surface area contributed by atoms with Gasteiger partial charge >= 0.3 is 0 Å². The van der Waals surface area contributed by atoms with E-state index < -0.39 is 0 Å². The van der Waals surface area contributed by atoms with Crippen LogP contribution in [0.2, 0.25) is 0 Å². The van der Waals surface area contributed by atoms with Crippen LogP contribution < -0.4 is 10.2 Å². The number of fused-ring (bicyclic) bond motifs is 1. The van der Waals surface area contributed by atoms with Crippen molar-refractivity contribution in [3.8, 4) is 0 Å². The van der Waals surface area contributed by atoms with Crippen molar-refractivity contribution in [1.82, 2.24) is 20.4 Å². The molecular weight excluding hydrogens is 474 g/mol. The Bertz CT molecular complexity index is 1430. The van der Waals surface area contributed by atoms with Crippen molar-refractivity contribution >= 4 is 34.1 Å². The molecule has 3 aromatic carbocycles. The summed E-state index contributed by atoms with van der Waals surface area (Å²) in [4.78, 5) is 29.9. The van der Waals surface area contributed by atoms with Gasteiger partial charge in [0.15, 0.2) is 5.82 Å². The Kier molecular flexibility index (Phi) is 6.84. The highest BCUT2D eigenvalue weighted by atomic mass is 16.2. The molecule has 1 aromatic heterocycles. The predicted molar refractivity (Wildman–Crippen MR) is 148 cm³/mol. The highest BCUT2D eigenvalue weighted by Crippen LogP contribution is 2.32. The number of nitrogens with zero attached hydrogens (tertiary/aromatic N) is 4. The predicted octanol–water partition coefficient (Wildman–Crippen LogP) is 4.46. The maximum absolute atomic E-state index is 13.2. The summed E-state index contributed by atoms with van der Waals surface area (Å²) in [7, 11) is 0. The summed E-state index contributed by atoms with van der Waals surface area (Å²) in [6, 6.07) is 26.4. The van der Waals surface area contributed by atoms with Crippen molar-refractivity contribution in [1.29, 1.82) is 0 Å². The quantitative estimate of drug-likeness (QED) is 0.419. The van der Waals surface area contributed by atoms with Crippen LogP contribution in [0.4, 0.5) is 11.5 Å². The molecule has 3 heterocycles. The molecule has 1 N–H and O–H groups in total. The molecule has 7 heteroatoms. The average Bonchev–Trinajstić information content (AvgIpc) is 2.93. The van der Waals surface area contributed by atoms with E-state index in [0.29, 0.717) is 31.2 Å². The van der Waals surface area contributed by atoms with E-state index in [1.54, 1.807) is 17.2 Å². The van der Waals surface area contributed by atoms with Crippen molar-refractivity contribution in [2.24, 2.45) is 5.92 Å². The lowest BCUT2D eigenvalue weighted by molar-refractivity contribution is -0.131. The summed E-state index contributed by atoms with van der Waals surface area (Å²) in [5.74, 6) is 1.11. The monoisotopic (exact) mass is 505 g/mol. The van der Waals surface area contributed by atoms with Gasteiger partial charge in [0, 0.05) is 32.4 Å². The van der Waals surface area contributed by atoms with Crippen LogP contribution in [-0.4, -0.2) is 53.1 Å². The molecule has 0 spiro atoms. The Labute approximate surface area is 222 Å². The molecule has 0 saturated carbocycles. The number of likely N-dealkylation sites (tertiary alicyclic amines) is 1. The molecule has 2 aliphatic rings. The third-order valence-electron chi connectivity index (χ3n) is 7.78. The molecule has 2 aliphatic heterocycles. The fraction of sp³-hybridized carbons (Fsp3) is 0.290. The van der Waals surface area contributed by atoms with Gasteiger partial charge in [0.1, 0.15) is 0 Å². The van der Waals surface area contributed by atoms with Crippen molar-refractivity contribution in [2.75, 3.05) is 31.1 Å². The maximum Gasteiger partial charge on any atom is 0.238 e. The molecule has 38 heavy (non-hydrogen) atoms. The van der Waals surface area contributed by atoms with Crippen molar-refractivity contribution in [3.63, 3.8) is 0 Å². The Balaban J connectivity index is 1.09. The minimum absolute atomic E-state index is 0.0373. The van der Waals surface area contributed by atoms with Crippen LogP contribution in [0.3, 0.4) is 0 Å². The first kappa shape index (κ1) is 24.2. The molecule has 2 fully saturated rings. The topological polar surface area (TPSA) is 78.4 Å². The Hall–Kier alpha value is -4.10. The Morgan fingerprint density at radius 3 is 2.34 bits per heavy atom. The van der Waals surface area contributed by atoms with Crippen molar-refractivity contribution in [2.45, 2.75) is 25.2 Å². The fourth-order valence-electron chi connectivity index (χ4n) is 5.42. The van der Waals surface area contributed by atoms with E-state index in [-0.39, 0.29) is 17.7 Å². The van der Waals surface area contributed by atoms with Gasteiger partial charge in [0.05, 0.1) is 18.0 Å².